The normalized spacial score (nSPS) is 25.3. The molecule has 6 aliphatic heterocycles. The van der Waals surface area contributed by atoms with Crippen molar-refractivity contribution in [3.63, 3.8) is 0 Å². The lowest BCUT2D eigenvalue weighted by molar-refractivity contribution is -0.315. The van der Waals surface area contributed by atoms with E-state index in [1.165, 1.54) is 20.8 Å². The second-order valence-corrected chi connectivity index (χ2v) is 37.5. The number of carbonyl (C=O) groups is 5. The van der Waals surface area contributed by atoms with Gasteiger partial charge in [-0.05, 0) is 68.4 Å². The van der Waals surface area contributed by atoms with Gasteiger partial charge in [0.05, 0.1) is 282 Å². The van der Waals surface area contributed by atoms with Crippen LogP contribution in [-0.2, 0) is 172 Å². The molecule has 4 aromatic heterocycles. The van der Waals surface area contributed by atoms with Gasteiger partial charge in [0.1, 0.15) is 87.1 Å². The summed E-state index contributed by atoms with van der Waals surface area (Å²) in [7, 11) is 3.42. The van der Waals surface area contributed by atoms with Gasteiger partial charge < -0.3 is 171 Å². The Morgan fingerprint density at radius 1 is 0.468 bits per heavy atom. The van der Waals surface area contributed by atoms with Crippen LogP contribution >= 0.6 is 21.6 Å². The van der Waals surface area contributed by atoms with E-state index in [4.69, 9.17) is 109 Å². The maximum absolute atomic E-state index is 14.3. The quantitative estimate of drug-likeness (QED) is 0.0166. The lowest BCUT2D eigenvalue weighted by Gasteiger charge is -2.46. The highest BCUT2D eigenvalue weighted by Gasteiger charge is 2.60. The molecule has 6 aliphatic rings. The van der Waals surface area contributed by atoms with E-state index in [0.29, 0.717) is 141 Å². The van der Waals surface area contributed by atoms with Crippen LogP contribution in [0, 0.1) is 0 Å². The van der Waals surface area contributed by atoms with E-state index in [1.807, 2.05) is 18.2 Å². The van der Waals surface area contributed by atoms with Crippen molar-refractivity contribution in [3.05, 3.63) is 60.1 Å². The van der Waals surface area contributed by atoms with Crippen LogP contribution in [0.25, 0.3) is 0 Å². The largest absolute Gasteiger partial charge is 0.390 e. The van der Waals surface area contributed by atoms with Gasteiger partial charge in [0.25, 0.3) is 6.48 Å². The summed E-state index contributed by atoms with van der Waals surface area (Å²) in [5.41, 5.74) is -3.72. The Kier molecular flexibility index (Phi) is 53.8. The molecule has 4 aromatic rings. The number of nitrogens with one attached hydrogen (secondary N) is 5. The Labute approximate surface area is 827 Å². The number of unbranched alkanes of at least 4 members (excludes halogenated alkanes) is 6. The Morgan fingerprint density at radius 2 is 0.929 bits per heavy atom. The Balaban J connectivity index is 0.645. The molecule has 15 atom stereocenters. The molecule has 5 amide bonds. The third kappa shape index (κ3) is 42.7. The zero-order chi connectivity index (χ0) is 100. The molecule has 800 valence electrons. The van der Waals surface area contributed by atoms with E-state index in [9.17, 15) is 59.7 Å². The first-order chi connectivity index (χ1) is 68.5. The average molecular weight is 2050 g/mol. The van der Waals surface area contributed by atoms with Crippen molar-refractivity contribution in [2.45, 2.75) is 251 Å². The molecule has 4 bridgehead atoms. The second kappa shape index (κ2) is 65.2. The van der Waals surface area contributed by atoms with Gasteiger partial charge >= 0.3 is 0 Å². The van der Waals surface area contributed by atoms with Gasteiger partial charge in [0, 0.05) is 58.0 Å². The molecule has 12 N–H and O–H groups in total. The van der Waals surface area contributed by atoms with Gasteiger partial charge in [-0.2, -0.15) is 0 Å². The highest BCUT2D eigenvalue weighted by Crippen LogP contribution is 2.39. The molecule has 50 nitrogen and oxygen atoms in total. The monoisotopic (exact) mass is 2050 g/mol. The van der Waals surface area contributed by atoms with E-state index < -0.39 is 108 Å². The third-order valence-corrected chi connectivity index (χ3v) is 25.4. The van der Waals surface area contributed by atoms with E-state index >= 15 is 0 Å². The molecule has 0 aromatic carbocycles. The van der Waals surface area contributed by atoms with Crippen molar-refractivity contribution in [2.75, 3.05) is 224 Å². The summed E-state index contributed by atoms with van der Waals surface area (Å²) in [6, 6.07) is 3.47. The fraction of sp³-hybridized carbons (Fsp3) is 0.820. The predicted molar refractivity (Wildman–Crippen MR) is 493 cm³/mol. The van der Waals surface area contributed by atoms with Crippen LogP contribution in [0.15, 0.2) is 48.0 Å². The molecule has 6 saturated heterocycles. The first kappa shape index (κ1) is 116. The summed E-state index contributed by atoms with van der Waals surface area (Å²) in [5, 5.41) is 115. The summed E-state index contributed by atoms with van der Waals surface area (Å²) in [5.74, 6) is -0.342. The van der Waals surface area contributed by atoms with Crippen molar-refractivity contribution in [2.24, 2.45) is 0 Å². The lowest BCUT2D eigenvalue weighted by Crippen LogP contribution is -2.68. The fourth-order valence-electron chi connectivity index (χ4n) is 15.5. The number of nitrogens with zero attached hydrogens (tertiary/aromatic N) is 10. The highest BCUT2D eigenvalue weighted by atomic mass is 33.1. The van der Waals surface area contributed by atoms with Crippen LogP contribution in [-0.4, -0.2) is 441 Å². The molecule has 6 fully saturated rings. The zero-order valence-corrected chi connectivity index (χ0v) is 82.5. The van der Waals surface area contributed by atoms with Gasteiger partial charge in [0.2, 0.25) is 29.5 Å². The van der Waals surface area contributed by atoms with Crippen molar-refractivity contribution in [1.82, 2.24) is 76.5 Å². The van der Waals surface area contributed by atoms with Crippen LogP contribution in [0.3, 0.4) is 0 Å². The minimum absolute atomic E-state index is 0.0211. The van der Waals surface area contributed by atoms with E-state index in [2.05, 4.69) is 62.5 Å². The van der Waals surface area contributed by atoms with Crippen LogP contribution in [0.2, 0.25) is 0 Å². The van der Waals surface area contributed by atoms with Gasteiger partial charge in [-0.1, -0.05) is 51.8 Å². The van der Waals surface area contributed by atoms with Crippen molar-refractivity contribution >= 4 is 51.1 Å². The van der Waals surface area contributed by atoms with Crippen LogP contribution < -0.4 is 26.6 Å². The van der Waals surface area contributed by atoms with Crippen LogP contribution in [0.4, 0.5) is 0 Å². The number of carbonyl (C=O) groups excluding carboxylic acids is 5. The Bertz CT molecular complexity index is 4110. The first-order valence-electron chi connectivity index (χ1n) is 48.3. The second-order valence-electron chi connectivity index (χ2n) is 35.0. The molecule has 0 saturated carbocycles. The highest BCUT2D eigenvalue weighted by molar-refractivity contribution is 8.76. The minimum atomic E-state index is -1.57. The van der Waals surface area contributed by atoms with Crippen molar-refractivity contribution in [1.29, 1.82) is 0 Å². The number of aliphatic hydroxyl groups is 7. The van der Waals surface area contributed by atoms with Gasteiger partial charge in [-0.25, -0.2) is 19.0 Å². The Morgan fingerprint density at radius 3 is 1.45 bits per heavy atom. The topological polar surface area (TPSA) is 604 Å². The lowest BCUT2D eigenvalue weighted by atomic mass is 9.87. The molecule has 10 rings (SSSR count). The molecular weight excluding hydrogens is 1900 g/mol. The molecule has 52 heteroatoms. The van der Waals surface area contributed by atoms with Crippen molar-refractivity contribution < 1.29 is 169 Å². The molecule has 10 heterocycles. The maximum Gasteiger partial charge on any atom is 0.271 e. The zero-order valence-electron chi connectivity index (χ0n) is 80.9. The van der Waals surface area contributed by atoms with Gasteiger partial charge in [-0.15, -0.1) is 15.3 Å². The molecule has 0 aliphatic carbocycles. The number of ether oxygens (including phenoxy) is 23. The molecule has 0 radical (unpaired) electrons. The summed E-state index contributed by atoms with van der Waals surface area (Å²) < 4.78 is 138. The minimum Gasteiger partial charge on any atom is -0.390 e. The predicted octanol–water partition coefficient (Wildman–Crippen LogP) is -2.15. The number of aliphatic hydroxyl groups excluding tert-OH is 7. The number of aromatic nitrogens is 10. The number of fused-ring (bicyclic) bond motifs is 4. The van der Waals surface area contributed by atoms with Crippen molar-refractivity contribution in [3.8, 4) is 0 Å². The summed E-state index contributed by atoms with van der Waals surface area (Å²) >= 11 is 0. The van der Waals surface area contributed by atoms with E-state index in [1.54, 1.807) is 60.4 Å². The van der Waals surface area contributed by atoms with E-state index in [-0.39, 0.29) is 215 Å². The number of rotatable bonds is 79. The summed E-state index contributed by atoms with van der Waals surface area (Å²) in [4.78, 5) is 67.3. The number of amides is 5. The average Bonchev–Trinajstić information content (AvgIpc) is 1.63. The molecular formula is C89H147N15O35S2. The van der Waals surface area contributed by atoms with Gasteiger partial charge in [-0.3, -0.25) is 24.0 Å². The SMILES string of the molecule is CC(=O)N[C@@H]1[C@@H](O)[C@@H](O)[C@@](C)(COCCOCCOCCOCCn2cc(COCC(COCc3cn(CCOCCOCCOCCOC[C@@]45CO[C@@H](O4)[C@H](NC(C)=O)[C@@H](O)[C@H]5O)nn3)(COCc3cn(CCOCCOCCOCCOC[C@]45CO[C@H](C[C@@H](O)[C@H]4O)O5)nn3)NC(=O)CCCCCNC(=O)CCCCCOC3OCC(NC(=O)CCCCCSSc4ccccn4)CO3)nn2)O[C@@H]1O. The summed E-state index contributed by atoms with van der Waals surface area (Å²) in [6.07, 6.45) is 3.92. The summed E-state index contributed by atoms with van der Waals surface area (Å²) in [6.45, 7) is 10.7. The standard InChI is InChI=1S/C89H147N15O35S2/c1-64(105)92-76-78(111)81(114)86(3,138-83(76)116)56-126-43-40-123-37-34-120-31-28-117-25-21-102-48-66(96-99-102)51-129-57-87(58-130-52-67-49-103(100-97-67)22-26-118-29-32-121-35-38-124-41-44-127-60-88-62-135-75(137-88)47-70(107)80(88)113,59-131-53-68-50-104(101-98-68)23-27-119-30-33-122-36-39-125-42-45-128-61-89-63-136-84(139-89)77(93-65(2)106)79(112)82(89)115)95-73(110)17-7-4-11-19-90-71(108)15-8-5-13-24-132-85-133-54-69(55-134-85)94-72(109)16-9-6-14-46-140-141-74-18-10-12-20-91-74/h10,12,18,20,48-50,69-70,75-85,107,111-116H,4-9,11,13-17,19,21-47,51-63H2,1-3H3,(H,90,108)(H,92,105)(H,93,106)(H,94,109)(H,95,110)/t69?,70-,75+,76-,77-,78-,79-,80-,81-,82-,83+,84+,85?,86-,87?,88+,89+/m1/s1. The first-order valence-corrected chi connectivity index (χ1v) is 50.6. The smallest absolute Gasteiger partial charge is 0.271 e. The molecule has 141 heavy (non-hydrogen) atoms. The third-order valence-electron chi connectivity index (χ3n) is 23.1. The number of hydrogen-bond donors (Lipinski definition) is 12. The number of pyridine rings is 1. The van der Waals surface area contributed by atoms with E-state index in [0.717, 1.165) is 36.5 Å². The van der Waals surface area contributed by atoms with Crippen LogP contribution in [0.1, 0.15) is 121 Å². The van der Waals surface area contributed by atoms with Crippen LogP contribution in [0.5, 0.6) is 0 Å². The maximum atomic E-state index is 14.3. The van der Waals surface area contributed by atoms with Gasteiger partial charge in [0.15, 0.2) is 18.9 Å². The molecule has 0 spiro atoms. The number of hydrogen-bond acceptors (Lipinski definition) is 44. The Hall–Kier alpha value is -6.58. The fourth-order valence-corrected chi connectivity index (χ4v) is 17.6. The molecule has 1 unspecified atom stereocenters.